The molecule has 7 rings (SSSR count). The van der Waals surface area contributed by atoms with Gasteiger partial charge in [0.05, 0.1) is 11.7 Å². The van der Waals surface area contributed by atoms with Gasteiger partial charge in [0.25, 0.3) is 0 Å². The van der Waals surface area contributed by atoms with Crippen molar-refractivity contribution >= 4 is 5.97 Å². The van der Waals surface area contributed by atoms with E-state index in [1.807, 2.05) is 0 Å². The lowest BCUT2D eigenvalue weighted by Crippen LogP contribution is -2.70. The Bertz CT molecular complexity index is 874. The van der Waals surface area contributed by atoms with Crippen molar-refractivity contribution in [1.29, 1.82) is 0 Å². The SMILES string of the molecule is CC(C)(O)[C@@]12C[C@]34O[C@H]3C[C@@]3(O)C5=C(CC[C@]3(C)[C@@]43O[C@H]3[C@@H]1O2)C(=O)OC5. The van der Waals surface area contributed by atoms with Crippen LogP contribution in [-0.2, 0) is 23.7 Å². The Balaban J connectivity index is 1.39. The molecule has 7 aliphatic rings. The second-order valence-electron chi connectivity index (χ2n) is 10.4. The van der Waals surface area contributed by atoms with Gasteiger partial charge in [0.1, 0.15) is 41.2 Å². The predicted molar refractivity (Wildman–Crippen MR) is 88.6 cm³/mol. The third-order valence-electron chi connectivity index (χ3n) is 9.22. The Morgan fingerprint density at radius 1 is 1.19 bits per heavy atom. The van der Waals surface area contributed by atoms with Gasteiger partial charge in [-0.2, -0.15) is 0 Å². The lowest BCUT2D eigenvalue weighted by atomic mass is 9.45. The molecule has 2 N–H and O–H groups in total. The number of ether oxygens (including phenoxy) is 4. The van der Waals surface area contributed by atoms with E-state index in [1.54, 1.807) is 13.8 Å². The highest BCUT2D eigenvalue weighted by molar-refractivity contribution is 5.92. The Hall–Kier alpha value is -0.990. The number of epoxide rings is 3. The number of aliphatic hydroxyl groups is 2. The zero-order valence-electron chi connectivity index (χ0n) is 15.7. The van der Waals surface area contributed by atoms with E-state index < -0.39 is 33.4 Å². The van der Waals surface area contributed by atoms with Crippen LogP contribution in [0.4, 0.5) is 0 Å². The number of hydrogen-bond donors (Lipinski definition) is 2. The molecule has 8 atom stereocenters. The third kappa shape index (κ3) is 1.27. The van der Waals surface area contributed by atoms with Crippen molar-refractivity contribution in [3.05, 3.63) is 11.1 Å². The molecule has 0 aromatic heterocycles. The fourth-order valence-corrected chi connectivity index (χ4v) is 7.55. The van der Waals surface area contributed by atoms with Crippen LogP contribution in [0.1, 0.15) is 46.5 Å². The molecule has 0 radical (unpaired) electrons. The molecule has 3 aliphatic carbocycles. The first-order valence-corrected chi connectivity index (χ1v) is 9.94. The summed E-state index contributed by atoms with van der Waals surface area (Å²) in [4.78, 5) is 12.1. The van der Waals surface area contributed by atoms with Gasteiger partial charge in [-0.25, -0.2) is 4.79 Å². The predicted octanol–water partition coefficient (Wildman–Crippen LogP) is 0.362. The van der Waals surface area contributed by atoms with E-state index in [2.05, 4.69) is 6.92 Å². The first-order chi connectivity index (χ1) is 12.6. The van der Waals surface area contributed by atoms with Gasteiger partial charge in [0, 0.05) is 29.4 Å². The molecule has 4 aliphatic heterocycles. The van der Waals surface area contributed by atoms with E-state index in [-0.39, 0.29) is 30.9 Å². The zero-order chi connectivity index (χ0) is 18.8. The van der Waals surface area contributed by atoms with Gasteiger partial charge in [0.2, 0.25) is 0 Å². The number of esters is 1. The molecule has 146 valence electrons. The normalized spacial score (nSPS) is 61.7. The van der Waals surface area contributed by atoms with Crippen molar-refractivity contribution in [3.63, 3.8) is 0 Å². The van der Waals surface area contributed by atoms with Crippen LogP contribution >= 0.6 is 0 Å². The second-order valence-corrected chi connectivity index (χ2v) is 10.4. The average Bonchev–Trinajstić information content (AvgIpc) is 3.46. The summed E-state index contributed by atoms with van der Waals surface area (Å²) in [7, 11) is 0. The average molecular weight is 376 g/mol. The molecule has 27 heavy (non-hydrogen) atoms. The summed E-state index contributed by atoms with van der Waals surface area (Å²) in [5.41, 5.74) is -3.15. The second kappa shape index (κ2) is 3.75. The highest BCUT2D eigenvalue weighted by Crippen LogP contribution is 2.83. The highest BCUT2D eigenvalue weighted by atomic mass is 16.7. The molecular weight excluding hydrogens is 352 g/mol. The standard InChI is InChI=1S/C20H24O7/c1-15(2,22)19-8-18-11(25-18)6-17(23)10-7-24-14(21)9(10)4-5-16(17,3)20(18)13(27-20)12(19)26-19/h11-13,22-23H,4-8H2,1-3H3/t11-,12-,13-,16-,17+,18-,19+,20+/m0/s1. The molecule has 4 heterocycles. The summed E-state index contributed by atoms with van der Waals surface area (Å²) in [6.45, 7) is 5.82. The maximum Gasteiger partial charge on any atom is 0.334 e. The Kier molecular flexibility index (Phi) is 2.20. The topological polar surface area (TPSA) is 104 Å². The molecule has 7 heteroatoms. The molecular formula is C20H24O7. The first kappa shape index (κ1) is 15.9. The molecule has 0 aromatic rings. The number of carbonyl (C=O) groups excluding carboxylic acids is 1. The molecule has 2 spiro atoms. The van der Waals surface area contributed by atoms with E-state index in [4.69, 9.17) is 18.9 Å². The van der Waals surface area contributed by atoms with E-state index in [0.29, 0.717) is 31.3 Å². The highest BCUT2D eigenvalue weighted by Gasteiger charge is 2.99. The van der Waals surface area contributed by atoms with Crippen molar-refractivity contribution < 1.29 is 34.0 Å². The number of rotatable bonds is 1. The zero-order valence-corrected chi connectivity index (χ0v) is 15.7. The lowest BCUT2D eigenvalue weighted by molar-refractivity contribution is -0.144. The quantitative estimate of drug-likeness (QED) is 0.503. The van der Waals surface area contributed by atoms with Gasteiger partial charge >= 0.3 is 5.97 Å². The maximum atomic E-state index is 12.1. The Morgan fingerprint density at radius 2 is 1.96 bits per heavy atom. The summed E-state index contributed by atoms with van der Waals surface area (Å²) in [5.74, 6) is -0.296. The first-order valence-electron chi connectivity index (χ1n) is 9.94. The van der Waals surface area contributed by atoms with E-state index in [0.717, 1.165) is 5.57 Å². The fourth-order valence-electron chi connectivity index (χ4n) is 7.55. The summed E-state index contributed by atoms with van der Waals surface area (Å²) in [6, 6.07) is 0. The summed E-state index contributed by atoms with van der Waals surface area (Å²) >= 11 is 0. The molecule has 5 fully saturated rings. The number of hydrogen-bond acceptors (Lipinski definition) is 7. The molecule has 0 unspecified atom stereocenters. The van der Waals surface area contributed by atoms with Crippen molar-refractivity contribution in [2.45, 2.75) is 92.8 Å². The van der Waals surface area contributed by atoms with E-state index in [1.165, 1.54) is 0 Å². The van der Waals surface area contributed by atoms with Crippen LogP contribution in [0.15, 0.2) is 11.1 Å². The maximum absolute atomic E-state index is 12.1. The summed E-state index contributed by atoms with van der Waals surface area (Å²) in [6.07, 6.45) is 1.73. The molecule has 0 amide bonds. The van der Waals surface area contributed by atoms with Crippen LogP contribution < -0.4 is 0 Å². The van der Waals surface area contributed by atoms with Crippen LogP contribution in [0.3, 0.4) is 0 Å². The minimum atomic E-state index is -1.17. The van der Waals surface area contributed by atoms with Gasteiger partial charge in [-0.3, -0.25) is 0 Å². The van der Waals surface area contributed by atoms with Crippen LogP contribution in [0.5, 0.6) is 0 Å². The number of cyclic esters (lactones) is 1. The van der Waals surface area contributed by atoms with Crippen molar-refractivity contribution in [2.75, 3.05) is 6.61 Å². The summed E-state index contributed by atoms with van der Waals surface area (Å²) in [5, 5.41) is 22.7. The van der Waals surface area contributed by atoms with Crippen molar-refractivity contribution in [1.82, 2.24) is 0 Å². The minimum absolute atomic E-state index is 0.160. The van der Waals surface area contributed by atoms with Gasteiger partial charge in [-0.05, 0) is 26.7 Å². The van der Waals surface area contributed by atoms with E-state index in [9.17, 15) is 15.0 Å². The van der Waals surface area contributed by atoms with Crippen molar-refractivity contribution in [3.8, 4) is 0 Å². The van der Waals surface area contributed by atoms with Crippen LogP contribution in [0, 0.1) is 5.41 Å². The van der Waals surface area contributed by atoms with Gasteiger partial charge in [0.15, 0.2) is 0 Å². The number of fused-ring (bicyclic) bond motifs is 4. The van der Waals surface area contributed by atoms with Crippen molar-refractivity contribution in [2.24, 2.45) is 5.41 Å². The molecule has 0 bridgehead atoms. The molecule has 7 nitrogen and oxygen atoms in total. The monoisotopic (exact) mass is 376 g/mol. The summed E-state index contributed by atoms with van der Waals surface area (Å²) < 4.78 is 24.1. The van der Waals surface area contributed by atoms with E-state index >= 15 is 0 Å². The smallest absolute Gasteiger partial charge is 0.334 e. The van der Waals surface area contributed by atoms with Gasteiger partial charge in [-0.15, -0.1) is 0 Å². The van der Waals surface area contributed by atoms with Crippen LogP contribution in [0.25, 0.3) is 0 Å². The fraction of sp³-hybridized carbons (Fsp3) is 0.850. The van der Waals surface area contributed by atoms with Gasteiger partial charge < -0.3 is 29.2 Å². The Morgan fingerprint density at radius 3 is 2.70 bits per heavy atom. The minimum Gasteiger partial charge on any atom is -0.458 e. The molecule has 3 saturated heterocycles. The van der Waals surface area contributed by atoms with Crippen LogP contribution in [-0.4, -0.2) is 69.1 Å². The largest absolute Gasteiger partial charge is 0.458 e. The molecule has 0 aromatic carbocycles. The number of carbonyl (C=O) groups is 1. The molecule has 2 saturated carbocycles. The lowest BCUT2D eigenvalue weighted by Gasteiger charge is -2.57. The van der Waals surface area contributed by atoms with Crippen LogP contribution in [0.2, 0.25) is 0 Å². The van der Waals surface area contributed by atoms with Gasteiger partial charge in [-0.1, -0.05) is 6.92 Å². The third-order valence-corrected chi connectivity index (χ3v) is 9.22. The Labute approximate surface area is 156 Å².